The zero-order valence-corrected chi connectivity index (χ0v) is 10.8. The molecule has 0 saturated carbocycles. The molecule has 3 heteroatoms. The van der Waals surface area contributed by atoms with Gasteiger partial charge in [0.25, 0.3) is 0 Å². The number of anilines is 1. The van der Waals surface area contributed by atoms with Crippen LogP contribution in [0.15, 0.2) is 24.3 Å². The maximum atomic E-state index is 11.4. The molecular formula is C14H21NO2. The van der Waals surface area contributed by atoms with Crippen molar-refractivity contribution in [2.75, 3.05) is 11.9 Å². The fourth-order valence-corrected chi connectivity index (χ4v) is 1.35. The molecule has 0 aliphatic carbocycles. The third-order valence-corrected chi connectivity index (χ3v) is 2.62. The second-order valence-corrected chi connectivity index (χ2v) is 4.25. The summed E-state index contributed by atoms with van der Waals surface area (Å²) in [5, 5.41) is 3.19. The summed E-state index contributed by atoms with van der Waals surface area (Å²) in [4.78, 5) is 11.4. The number of benzene rings is 1. The summed E-state index contributed by atoms with van der Waals surface area (Å²) in [6, 6.07) is 8.10. The van der Waals surface area contributed by atoms with Crippen LogP contribution in [0.25, 0.3) is 0 Å². The lowest BCUT2D eigenvalue weighted by Crippen LogP contribution is -2.16. The lowest BCUT2D eigenvalue weighted by molar-refractivity contribution is -0.147. The van der Waals surface area contributed by atoms with E-state index in [0.29, 0.717) is 13.0 Å². The monoisotopic (exact) mass is 235 g/mol. The molecule has 0 amide bonds. The Morgan fingerprint density at radius 3 is 2.59 bits per heavy atom. The summed E-state index contributed by atoms with van der Waals surface area (Å²) < 4.78 is 5.18. The molecule has 0 heterocycles. The molecule has 1 atom stereocenters. The van der Waals surface area contributed by atoms with E-state index in [1.165, 1.54) is 5.56 Å². The van der Waals surface area contributed by atoms with Crippen molar-refractivity contribution in [1.29, 1.82) is 0 Å². The van der Waals surface area contributed by atoms with Gasteiger partial charge in [-0.25, -0.2) is 0 Å². The van der Waals surface area contributed by atoms with Gasteiger partial charge in [-0.1, -0.05) is 24.6 Å². The normalized spacial score (nSPS) is 11.9. The Labute approximate surface area is 103 Å². The second kappa shape index (κ2) is 6.94. The predicted octanol–water partition coefficient (Wildman–Crippen LogP) is 3.14. The zero-order chi connectivity index (χ0) is 12.7. The van der Waals surface area contributed by atoms with E-state index in [-0.39, 0.29) is 12.1 Å². The Bertz CT molecular complexity index is 346. The molecule has 0 spiro atoms. The maximum Gasteiger partial charge on any atom is 0.307 e. The van der Waals surface area contributed by atoms with Crippen LogP contribution in [0.1, 0.15) is 32.3 Å². The molecule has 0 radical (unpaired) electrons. The minimum atomic E-state index is -0.140. The highest BCUT2D eigenvalue weighted by atomic mass is 16.5. The summed E-state index contributed by atoms with van der Waals surface area (Å²) >= 11 is 0. The van der Waals surface area contributed by atoms with Crippen LogP contribution in [-0.4, -0.2) is 18.6 Å². The van der Waals surface area contributed by atoms with Crippen molar-refractivity contribution in [1.82, 2.24) is 0 Å². The van der Waals surface area contributed by atoms with E-state index < -0.39 is 0 Å². The lowest BCUT2D eigenvalue weighted by atomic mass is 10.2. The predicted molar refractivity (Wildman–Crippen MR) is 70.1 cm³/mol. The highest BCUT2D eigenvalue weighted by Crippen LogP contribution is 2.08. The highest BCUT2D eigenvalue weighted by Gasteiger charge is 2.06. The molecule has 0 aliphatic rings. The Kier molecular flexibility index (Phi) is 5.53. The van der Waals surface area contributed by atoms with E-state index in [4.69, 9.17) is 4.74 Å². The number of hydrogen-bond acceptors (Lipinski definition) is 3. The van der Waals surface area contributed by atoms with Gasteiger partial charge in [0.1, 0.15) is 0 Å². The van der Waals surface area contributed by atoms with Gasteiger partial charge in [0.05, 0.1) is 12.5 Å². The number of aryl methyl sites for hydroxylation is 1. The first-order valence-corrected chi connectivity index (χ1v) is 6.12. The Morgan fingerprint density at radius 2 is 2.00 bits per heavy atom. The minimum Gasteiger partial charge on any atom is -0.463 e. The maximum absolute atomic E-state index is 11.4. The number of esters is 1. The van der Waals surface area contributed by atoms with Gasteiger partial charge in [0, 0.05) is 12.2 Å². The van der Waals surface area contributed by atoms with Gasteiger partial charge in [-0.2, -0.15) is 0 Å². The molecule has 1 rings (SSSR count). The third kappa shape index (κ3) is 5.38. The first-order valence-electron chi connectivity index (χ1n) is 6.12. The first-order chi connectivity index (χ1) is 8.11. The molecule has 1 N–H and O–H groups in total. The topological polar surface area (TPSA) is 38.3 Å². The minimum absolute atomic E-state index is 0.0156. The molecule has 1 aromatic rings. The molecular weight excluding hydrogens is 214 g/mol. The van der Waals surface area contributed by atoms with Gasteiger partial charge in [0.2, 0.25) is 0 Å². The largest absolute Gasteiger partial charge is 0.463 e. The molecule has 3 nitrogen and oxygen atoms in total. The molecule has 1 unspecified atom stereocenters. The molecule has 17 heavy (non-hydrogen) atoms. The van der Waals surface area contributed by atoms with Crippen LogP contribution >= 0.6 is 0 Å². The molecule has 0 bridgehead atoms. The molecule has 0 aliphatic heterocycles. The number of ether oxygens (including phenoxy) is 1. The summed E-state index contributed by atoms with van der Waals surface area (Å²) in [6.45, 7) is 6.57. The molecule has 94 valence electrons. The number of carbonyl (C=O) groups is 1. The van der Waals surface area contributed by atoms with Crippen LogP contribution in [-0.2, 0) is 9.53 Å². The standard InChI is InChI=1S/C14H21NO2/c1-4-12(3)17-14(16)9-10-15-13-7-5-11(2)6-8-13/h5-8,12,15H,4,9-10H2,1-3H3. The van der Waals surface area contributed by atoms with Crippen LogP contribution in [0.5, 0.6) is 0 Å². The van der Waals surface area contributed by atoms with Crippen molar-refractivity contribution in [3.63, 3.8) is 0 Å². The Morgan fingerprint density at radius 1 is 1.35 bits per heavy atom. The average molecular weight is 235 g/mol. The number of carbonyl (C=O) groups excluding carboxylic acids is 1. The summed E-state index contributed by atoms with van der Waals surface area (Å²) in [7, 11) is 0. The molecule has 1 aromatic carbocycles. The average Bonchev–Trinajstić information content (AvgIpc) is 2.31. The number of nitrogens with one attached hydrogen (secondary N) is 1. The van der Waals surface area contributed by atoms with E-state index in [2.05, 4.69) is 5.32 Å². The summed E-state index contributed by atoms with van der Waals surface area (Å²) in [5.74, 6) is -0.140. The van der Waals surface area contributed by atoms with Gasteiger partial charge >= 0.3 is 5.97 Å². The number of rotatable bonds is 6. The first kappa shape index (κ1) is 13.6. The quantitative estimate of drug-likeness (QED) is 0.770. The molecule has 0 aromatic heterocycles. The molecule has 0 saturated heterocycles. The van der Waals surface area contributed by atoms with Gasteiger partial charge in [0.15, 0.2) is 0 Å². The van der Waals surface area contributed by atoms with Crippen LogP contribution < -0.4 is 5.32 Å². The van der Waals surface area contributed by atoms with Gasteiger partial charge in [-0.3, -0.25) is 4.79 Å². The van der Waals surface area contributed by atoms with Crippen LogP contribution in [0.3, 0.4) is 0 Å². The van der Waals surface area contributed by atoms with Gasteiger partial charge < -0.3 is 10.1 Å². The second-order valence-electron chi connectivity index (χ2n) is 4.25. The van der Waals surface area contributed by atoms with E-state index in [9.17, 15) is 4.79 Å². The highest BCUT2D eigenvalue weighted by molar-refractivity contribution is 5.70. The van der Waals surface area contributed by atoms with Crippen molar-refractivity contribution < 1.29 is 9.53 Å². The fourth-order valence-electron chi connectivity index (χ4n) is 1.35. The van der Waals surface area contributed by atoms with E-state index >= 15 is 0 Å². The van der Waals surface area contributed by atoms with Crippen molar-refractivity contribution >= 4 is 11.7 Å². The van der Waals surface area contributed by atoms with Crippen LogP contribution in [0.2, 0.25) is 0 Å². The van der Waals surface area contributed by atoms with Crippen LogP contribution in [0.4, 0.5) is 5.69 Å². The third-order valence-electron chi connectivity index (χ3n) is 2.62. The fraction of sp³-hybridized carbons (Fsp3) is 0.500. The van der Waals surface area contributed by atoms with E-state index in [1.807, 2.05) is 45.0 Å². The van der Waals surface area contributed by atoms with Crippen molar-refractivity contribution in [2.45, 2.75) is 39.7 Å². The van der Waals surface area contributed by atoms with Crippen molar-refractivity contribution in [2.24, 2.45) is 0 Å². The Balaban J connectivity index is 2.23. The molecule has 0 fully saturated rings. The van der Waals surface area contributed by atoms with Gasteiger partial charge in [-0.15, -0.1) is 0 Å². The van der Waals surface area contributed by atoms with Gasteiger partial charge in [-0.05, 0) is 32.4 Å². The Hall–Kier alpha value is -1.51. The van der Waals surface area contributed by atoms with E-state index in [1.54, 1.807) is 0 Å². The smallest absolute Gasteiger partial charge is 0.307 e. The van der Waals surface area contributed by atoms with Crippen molar-refractivity contribution in [3.8, 4) is 0 Å². The lowest BCUT2D eigenvalue weighted by Gasteiger charge is -2.11. The summed E-state index contributed by atoms with van der Waals surface area (Å²) in [6.07, 6.45) is 1.27. The summed E-state index contributed by atoms with van der Waals surface area (Å²) in [5.41, 5.74) is 2.26. The SMILES string of the molecule is CCC(C)OC(=O)CCNc1ccc(C)cc1. The van der Waals surface area contributed by atoms with Crippen LogP contribution in [0, 0.1) is 6.92 Å². The van der Waals surface area contributed by atoms with Crippen molar-refractivity contribution in [3.05, 3.63) is 29.8 Å². The number of hydrogen-bond donors (Lipinski definition) is 1. The van der Waals surface area contributed by atoms with E-state index in [0.717, 1.165) is 12.1 Å². The zero-order valence-electron chi connectivity index (χ0n) is 10.8.